The summed E-state index contributed by atoms with van der Waals surface area (Å²) in [7, 11) is 1.72. The number of hydrogen-bond donors (Lipinski definition) is 2. The summed E-state index contributed by atoms with van der Waals surface area (Å²) in [5, 5.41) is 3.34. The van der Waals surface area contributed by atoms with Crippen molar-refractivity contribution in [3.8, 4) is 0 Å². The minimum atomic E-state index is 0.775. The van der Waals surface area contributed by atoms with E-state index < -0.39 is 0 Å². The third-order valence-electron chi connectivity index (χ3n) is 2.68. The zero-order valence-electron chi connectivity index (χ0n) is 10.4. The van der Waals surface area contributed by atoms with Crippen LogP contribution in [0.4, 0.5) is 0 Å². The molecule has 92 valence electrons. The summed E-state index contributed by atoms with van der Waals surface area (Å²) < 4.78 is 4.99. The van der Waals surface area contributed by atoms with E-state index in [-0.39, 0.29) is 0 Å². The number of aryl methyl sites for hydroxylation is 1. The summed E-state index contributed by atoms with van der Waals surface area (Å²) in [5.74, 6) is 0.989. The highest BCUT2D eigenvalue weighted by Crippen LogP contribution is 2.12. The maximum absolute atomic E-state index is 4.99. The van der Waals surface area contributed by atoms with Gasteiger partial charge in [-0.3, -0.25) is 0 Å². The van der Waals surface area contributed by atoms with Crippen LogP contribution in [0.25, 0.3) is 11.0 Å². The first kappa shape index (κ1) is 12.1. The predicted octanol–water partition coefficient (Wildman–Crippen LogP) is 2.00. The first-order valence-corrected chi connectivity index (χ1v) is 5.94. The van der Waals surface area contributed by atoms with Gasteiger partial charge >= 0.3 is 0 Å². The number of aromatic amines is 1. The number of aromatic nitrogens is 2. The zero-order valence-corrected chi connectivity index (χ0v) is 10.4. The van der Waals surface area contributed by atoms with Crippen LogP contribution in [0.5, 0.6) is 0 Å². The van der Waals surface area contributed by atoms with Gasteiger partial charge in [0.25, 0.3) is 0 Å². The Balaban J connectivity index is 1.91. The number of nitrogens with zero attached hydrogens (tertiary/aromatic N) is 1. The molecule has 0 amide bonds. The summed E-state index contributed by atoms with van der Waals surface area (Å²) in [4.78, 5) is 7.84. The lowest BCUT2D eigenvalue weighted by molar-refractivity contribution is 0.194. The van der Waals surface area contributed by atoms with E-state index >= 15 is 0 Å². The van der Waals surface area contributed by atoms with E-state index in [9.17, 15) is 0 Å². The Kier molecular flexibility index (Phi) is 4.12. The third-order valence-corrected chi connectivity index (χ3v) is 2.68. The summed E-state index contributed by atoms with van der Waals surface area (Å²) in [6.45, 7) is 4.61. The molecule has 1 aromatic carbocycles. The van der Waals surface area contributed by atoms with Gasteiger partial charge in [-0.1, -0.05) is 6.07 Å². The van der Waals surface area contributed by atoms with Gasteiger partial charge in [0.15, 0.2) is 0 Å². The molecule has 0 aliphatic rings. The molecule has 2 aromatic rings. The molecule has 0 saturated heterocycles. The Morgan fingerprint density at radius 2 is 2.29 bits per heavy atom. The molecule has 4 heteroatoms. The van der Waals surface area contributed by atoms with Crippen LogP contribution in [0.3, 0.4) is 0 Å². The van der Waals surface area contributed by atoms with E-state index in [2.05, 4.69) is 40.4 Å². The number of rotatable bonds is 6. The van der Waals surface area contributed by atoms with Crippen molar-refractivity contribution in [2.45, 2.75) is 19.9 Å². The topological polar surface area (TPSA) is 49.9 Å². The zero-order chi connectivity index (χ0) is 12.1. The first-order valence-electron chi connectivity index (χ1n) is 5.94. The van der Waals surface area contributed by atoms with Gasteiger partial charge in [0.1, 0.15) is 5.82 Å². The lowest BCUT2D eigenvalue weighted by atomic mass is 10.2. The fraction of sp³-hybridized carbons (Fsp3) is 0.462. The standard InChI is InChI=1S/C13H19N3O/c1-10-4-5-11-12(8-10)16-13(15-11)9-14-6-3-7-17-2/h4-5,8,14H,3,6-7,9H2,1-2H3,(H,15,16). The van der Waals surface area contributed by atoms with Gasteiger partial charge in [-0.25, -0.2) is 4.98 Å². The summed E-state index contributed by atoms with van der Waals surface area (Å²) >= 11 is 0. The van der Waals surface area contributed by atoms with Crippen LogP contribution >= 0.6 is 0 Å². The Morgan fingerprint density at radius 3 is 3.12 bits per heavy atom. The van der Waals surface area contributed by atoms with E-state index in [1.807, 2.05) is 0 Å². The minimum Gasteiger partial charge on any atom is -0.385 e. The van der Waals surface area contributed by atoms with Crippen molar-refractivity contribution in [1.82, 2.24) is 15.3 Å². The lowest BCUT2D eigenvalue weighted by Crippen LogP contribution is -2.16. The van der Waals surface area contributed by atoms with Gasteiger partial charge < -0.3 is 15.0 Å². The van der Waals surface area contributed by atoms with Crippen molar-refractivity contribution in [2.75, 3.05) is 20.3 Å². The molecule has 0 saturated carbocycles. The third kappa shape index (κ3) is 3.28. The van der Waals surface area contributed by atoms with Crippen LogP contribution in [-0.2, 0) is 11.3 Å². The Bertz CT molecular complexity index is 478. The van der Waals surface area contributed by atoms with Gasteiger partial charge in [-0.2, -0.15) is 0 Å². The number of methoxy groups -OCH3 is 1. The van der Waals surface area contributed by atoms with Crippen LogP contribution in [0.15, 0.2) is 18.2 Å². The summed E-state index contributed by atoms with van der Waals surface area (Å²) in [6, 6.07) is 6.26. The Morgan fingerprint density at radius 1 is 1.41 bits per heavy atom. The van der Waals surface area contributed by atoms with Gasteiger partial charge in [-0.15, -0.1) is 0 Å². The van der Waals surface area contributed by atoms with E-state index in [4.69, 9.17) is 4.74 Å². The van der Waals surface area contributed by atoms with Crippen molar-refractivity contribution >= 4 is 11.0 Å². The van der Waals surface area contributed by atoms with Crippen molar-refractivity contribution in [3.63, 3.8) is 0 Å². The minimum absolute atomic E-state index is 0.775. The SMILES string of the molecule is COCCCNCc1nc2ccc(C)cc2[nH]1. The number of ether oxygens (including phenoxy) is 1. The first-order chi connectivity index (χ1) is 8.29. The van der Waals surface area contributed by atoms with Crippen LogP contribution in [0, 0.1) is 6.92 Å². The van der Waals surface area contributed by atoms with E-state index in [0.29, 0.717) is 0 Å². The lowest BCUT2D eigenvalue weighted by Gasteiger charge is -2.01. The second-order valence-corrected chi connectivity index (χ2v) is 4.23. The number of hydrogen-bond acceptors (Lipinski definition) is 3. The highest BCUT2D eigenvalue weighted by molar-refractivity contribution is 5.75. The molecule has 0 aliphatic carbocycles. The van der Waals surface area contributed by atoms with Crippen LogP contribution in [-0.4, -0.2) is 30.2 Å². The van der Waals surface area contributed by atoms with E-state index in [1.165, 1.54) is 5.56 Å². The highest BCUT2D eigenvalue weighted by Gasteiger charge is 2.01. The molecule has 1 aromatic heterocycles. The van der Waals surface area contributed by atoms with Crippen molar-refractivity contribution in [3.05, 3.63) is 29.6 Å². The number of fused-ring (bicyclic) bond motifs is 1. The molecule has 4 nitrogen and oxygen atoms in total. The predicted molar refractivity (Wildman–Crippen MR) is 69.0 cm³/mol. The van der Waals surface area contributed by atoms with Crippen molar-refractivity contribution < 1.29 is 4.74 Å². The van der Waals surface area contributed by atoms with Crippen LogP contribution < -0.4 is 5.32 Å². The largest absolute Gasteiger partial charge is 0.385 e. The van der Waals surface area contributed by atoms with Gasteiger partial charge in [0.2, 0.25) is 0 Å². The number of nitrogens with one attached hydrogen (secondary N) is 2. The van der Waals surface area contributed by atoms with Crippen molar-refractivity contribution in [2.24, 2.45) is 0 Å². The molecule has 2 rings (SSSR count). The average molecular weight is 233 g/mol. The van der Waals surface area contributed by atoms with E-state index in [1.54, 1.807) is 7.11 Å². The molecule has 0 radical (unpaired) electrons. The van der Waals surface area contributed by atoms with Crippen LogP contribution in [0.2, 0.25) is 0 Å². The highest BCUT2D eigenvalue weighted by atomic mass is 16.5. The maximum Gasteiger partial charge on any atom is 0.121 e. The molecule has 0 unspecified atom stereocenters. The summed E-state index contributed by atoms with van der Waals surface area (Å²) in [5.41, 5.74) is 3.39. The fourth-order valence-electron chi connectivity index (χ4n) is 1.81. The quantitative estimate of drug-likeness (QED) is 0.750. The molecule has 0 spiro atoms. The number of imidazole rings is 1. The molecule has 1 heterocycles. The molecular formula is C13H19N3O. The second-order valence-electron chi connectivity index (χ2n) is 4.23. The van der Waals surface area contributed by atoms with Gasteiger partial charge in [-0.05, 0) is 37.6 Å². The number of H-pyrrole nitrogens is 1. The number of benzene rings is 1. The molecular weight excluding hydrogens is 214 g/mol. The molecule has 17 heavy (non-hydrogen) atoms. The normalized spacial score (nSPS) is 11.2. The molecule has 0 atom stereocenters. The monoisotopic (exact) mass is 233 g/mol. The molecule has 0 bridgehead atoms. The van der Waals surface area contributed by atoms with Gasteiger partial charge in [0, 0.05) is 13.7 Å². The Hall–Kier alpha value is -1.39. The summed E-state index contributed by atoms with van der Waals surface area (Å²) in [6.07, 6.45) is 1.02. The van der Waals surface area contributed by atoms with Crippen LogP contribution in [0.1, 0.15) is 17.8 Å². The molecule has 2 N–H and O–H groups in total. The van der Waals surface area contributed by atoms with E-state index in [0.717, 1.165) is 43.0 Å². The molecule has 0 fully saturated rings. The second kappa shape index (κ2) is 5.80. The molecule has 0 aliphatic heterocycles. The Labute approximate surface area is 101 Å². The fourth-order valence-corrected chi connectivity index (χ4v) is 1.81. The maximum atomic E-state index is 4.99. The average Bonchev–Trinajstić information content (AvgIpc) is 2.70. The van der Waals surface area contributed by atoms with Gasteiger partial charge in [0.05, 0.1) is 17.6 Å². The smallest absolute Gasteiger partial charge is 0.121 e. The van der Waals surface area contributed by atoms with Crippen molar-refractivity contribution in [1.29, 1.82) is 0 Å².